The average Bonchev–Trinajstić information content (AvgIpc) is 2.76. The number of carbonyl (C=O) groups excluding carboxylic acids is 1. The van der Waals surface area contributed by atoms with Crippen LogP contribution in [0.25, 0.3) is 0 Å². The molecule has 2 heterocycles. The molecule has 0 aliphatic rings. The third-order valence-electron chi connectivity index (χ3n) is 2.11. The fraction of sp³-hybridized carbons (Fsp3) is 0.300. The van der Waals surface area contributed by atoms with Gasteiger partial charge in [-0.15, -0.1) is 10.2 Å². The molecule has 0 aliphatic heterocycles. The summed E-state index contributed by atoms with van der Waals surface area (Å²) in [7, 11) is 0. The number of hydrogen-bond donors (Lipinski definition) is 2. The standard InChI is InChI=1S/C10H12N6O2/c1-6-13-9(18-16-6)4-5-12-10(17)7-2-3-8(11)15-14-7/h2-3H,4-5H2,1H3,(H2,11,15)(H,12,17). The van der Waals surface area contributed by atoms with Crippen LogP contribution in [0.3, 0.4) is 0 Å². The lowest BCUT2D eigenvalue weighted by Crippen LogP contribution is -2.26. The highest BCUT2D eigenvalue weighted by molar-refractivity contribution is 5.92. The lowest BCUT2D eigenvalue weighted by Gasteiger charge is -2.01. The minimum atomic E-state index is -0.321. The number of aromatic nitrogens is 4. The molecule has 0 unspecified atom stereocenters. The number of anilines is 1. The van der Waals surface area contributed by atoms with Crippen molar-refractivity contribution in [2.75, 3.05) is 12.3 Å². The van der Waals surface area contributed by atoms with Gasteiger partial charge in [0.1, 0.15) is 5.82 Å². The van der Waals surface area contributed by atoms with Gasteiger partial charge in [-0.2, -0.15) is 4.98 Å². The summed E-state index contributed by atoms with van der Waals surface area (Å²) in [5, 5.41) is 13.6. The number of nitrogens with two attached hydrogens (primary N) is 1. The predicted molar refractivity (Wildman–Crippen MR) is 61.5 cm³/mol. The summed E-state index contributed by atoms with van der Waals surface area (Å²) < 4.78 is 4.91. The molecule has 0 saturated carbocycles. The molecule has 0 bridgehead atoms. The molecule has 0 aliphatic carbocycles. The van der Waals surface area contributed by atoms with E-state index in [2.05, 4.69) is 25.7 Å². The molecule has 0 saturated heterocycles. The molecule has 2 rings (SSSR count). The molecule has 2 aromatic rings. The Kier molecular flexibility index (Phi) is 3.46. The highest BCUT2D eigenvalue weighted by atomic mass is 16.5. The number of carbonyl (C=O) groups is 1. The van der Waals surface area contributed by atoms with Crippen LogP contribution in [0.4, 0.5) is 5.82 Å². The molecule has 0 atom stereocenters. The van der Waals surface area contributed by atoms with Crippen LogP contribution in [0.15, 0.2) is 16.7 Å². The molecule has 0 radical (unpaired) electrons. The SMILES string of the molecule is Cc1noc(CCNC(=O)c2ccc(N)nn2)n1. The maximum absolute atomic E-state index is 11.6. The topological polar surface area (TPSA) is 120 Å². The molecule has 2 aromatic heterocycles. The Morgan fingerprint density at radius 3 is 2.89 bits per heavy atom. The summed E-state index contributed by atoms with van der Waals surface area (Å²) in [4.78, 5) is 15.6. The van der Waals surface area contributed by atoms with Gasteiger partial charge in [-0.25, -0.2) is 0 Å². The van der Waals surface area contributed by atoms with E-state index in [4.69, 9.17) is 10.3 Å². The second-order valence-electron chi connectivity index (χ2n) is 3.58. The van der Waals surface area contributed by atoms with Crippen LogP contribution in [0.5, 0.6) is 0 Å². The van der Waals surface area contributed by atoms with Crippen molar-refractivity contribution in [1.82, 2.24) is 25.7 Å². The van der Waals surface area contributed by atoms with Crippen molar-refractivity contribution in [2.24, 2.45) is 0 Å². The van der Waals surface area contributed by atoms with Gasteiger partial charge < -0.3 is 15.6 Å². The maximum Gasteiger partial charge on any atom is 0.271 e. The monoisotopic (exact) mass is 248 g/mol. The van der Waals surface area contributed by atoms with Crippen molar-refractivity contribution in [2.45, 2.75) is 13.3 Å². The van der Waals surface area contributed by atoms with Gasteiger partial charge in [-0.3, -0.25) is 4.79 Å². The van der Waals surface area contributed by atoms with E-state index in [0.29, 0.717) is 24.7 Å². The number of hydrogen-bond acceptors (Lipinski definition) is 7. The first kappa shape index (κ1) is 12.0. The molecule has 94 valence electrons. The zero-order valence-corrected chi connectivity index (χ0v) is 9.75. The van der Waals surface area contributed by atoms with Gasteiger partial charge >= 0.3 is 0 Å². The molecule has 8 nitrogen and oxygen atoms in total. The molecular weight excluding hydrogens is 236 g/mol. The van der Waals surface area contributed by atoms with Gasteiger partial charge in [0.2, 0.25) is 5.89 Å². The Hall–Kier alpha value is -2.51. The van der Waals surface area contributed by atoms with Crippen LogP contribution in [0.1, 0.15) is 22.2 Å². The van der Waals surface area contributed by atoms with E-state index in [0.717, 1.165) is 0 Å². The van der Waals surface area contributed by atoms with E-state index >= 15 is 0 Å². The van der Waals surface area contributed by atoms with Crippen molar-refractivity contribution in [3.8, 4) is 0 Å². The summed E-state index contributed by atoms with van der Waals surface area (Å²) in [5.41, 5.74) is 5.59. The quantitative estimate of drug-likeness (QED) is 0.763. The molecule has 3 N–H and O–H groups in total. The van der Waals surface area contributed by atoms with Crippen molar-refractivity contribution in [3.05, 3.63) is 29.5 Å². The van der Waals surface area contributed by atoms with Gasteiger partial charge in [0, 0.05) is 13.0 Å². The molecular formula is C10H12N6O2. The lowest BCUT2D eigenvalue weighted by atomic mass is 10.3. The number of aryl methyl sites for hydroxylation is 1. The maximum atomic E-state index is 11.6. The lowest BCUT2D eigenvalue weighted by molar-refractivity contribution is 0.0947. The zero-order chi connectivity index (χ0) is 13.0. The number of amides is 1. The van der Waals surface area contributed by atoms with E-state index in [9.17, 15) is 4.79 Å². The van der Waals surface area contributed by atoms with E-state index in [1.54, 1.807) is 6.92 Å². The molecule has 18 heavy (non-hydrogen) atoms. The molecule has 1 amide bonds. The fourth-order valence-electron chi connectivity index (χ4n) is 1.28. The van der Waals surface area contributed by atoms with Crippen molar-refractivity contribution < 1.29 is 9.32 Å². The highest BCUT2D eigenvalue weighted by Gasteiger charge is 2.08. The van der Waals surface area contributed by atoms with Crippen LogP contribution in [0, 0.1) is 6.92 Å². The Labute approximate surface area is 103 Å². The minimum absolute atomic E-state index is 0.214. The second-order valence-corrected chi connectivity index (χ2v) is 3.58. The fourth-order valence-corrected chi connectivity index (χ4v) is 1.28. The van der Waals surface area contributed by atoms with E-state index in [1.165, 1.54) is 12.1 Å². The summed E-state index contributed by atoms with van der Waals surface area (Å²) in [6.07, 6.45) is 0.467. The van der Waals surface area contributed by atoms with Crippen LogP contribution in [-0.4, -0.2) is 32.8 Å². The average molecular weight is 248 g/mol. The molecule has 0 aromatic carbocycles. The Morgan fingerprint density at radius 2 is 2.28 bits per heavy atom. The van der Waals surface area contributed by atoms with Crippen molar-refractivity contribution >= 4 is 11.7 Å². The largest absolute Gasteiger partial charge is 0.382 e. The van der Waals surface area contributed by atoms with Crippen molar-refractivity contribution in [1.29, 1.82) is 0 Å². The third kappa shape index (κ3) is 3.00. The van der Waals surface area contributed by atoms with E-state index in [-0.39, 0.29) is 17.4 Å². The highest BCUT2D eigenvalue weighted by Crippen LogP contribution is 1.98. The summed E-state index contributed by atoms with van der Waals surface area (Å²) in [6, 6.07) is 3.03. The van der Waals surface area contributed by atoms with Gasteiger partial charge in [-0.05, 0) is 19.1 Å². The van der Waals surface area contributed by atoms with Crippen LogP contribution < -0.4 is 11.1 Å². The summed E-state index contributed by atoms with van der Waals surface area (Å²) in [6.45, 7) is 2.11. The van der Waals surface area contributed by atoms with E-state index in [1.807, 2.05) is 0 Å². The number of nitrogens with zero attached hydrogens (tertiary/aromatic N) is 4. The third-order valence-corrected chi connectivity index (χ3v) is 2.11. The first-order valence-corrected chi connectivity index (χ1v) is 5.32. The number of nitrogens with one attached hydrogen (secondary N) is 1. The van der Waals surface area contributed by atoms with Crippen LogP contribution in [-0.2, 0) is 6.42 Å². The molecule has 0 spiro atoms. The van der Waals surface area contributed by atoms with Gasteiger partial charge in [0.25, 0.3) is 5.91 Å². The Bertz CT molecular complexity index is 536. The Morgan fingerprint density at radius 1 is 1.44 bits per heavy atom. The predicted octanol–water partition coefficient (Wildman–Crippen LogP) is -0.277. The van der Waals surface area contributed by atoms with Gasteiger partial charge in [0.15, 0.2) is 11.5 Å². The second kappa shape index (κ2) is 5.21. The van der Waals surface area contributed by atoms with Gasteiger partial charge in [0.05, 0.1) is 0 Å². The summed E-state index contributed by atoms with van der Waals surface area (Å²) in [5.74, 6) is 1.00. The smallest absolute Gasteiger partial charge is 0.271 e. The minimum Gasteiger partial charge on any atom is -0.382 e. The van der Waals surface area contributed by atoms with E-state index < -0.39 is 0 Å². The zero-order valence-electron chi connectivity index (χ0n) is 9.75. The molecule has 8 heteroatoms. The van der Waals surface area contributed by atoms with Crippen molar-refractivity contribution in [3.63, 3.8) is 0 Å². The Balaban J connectivity index is 1.83. The summed E-state index contributed by atoms with van der Waals surface area (Å²) >= 11 is 0. The van der Waals surface area contributed by atoms with Gasteiger partial charge in [-0.1, -0.05) is 5.16 Å². The number of rotatable bonds is 4. The first-order valence-electron chi connectivity index (χ1n) is 5.32. The van der Waals surface area contributed by atoms with Crippen LogP contribution in [0.2, 0.25) is 0 Å². The number of nitrogen functional groups attached to an aromatic ring is 1. The first-order chi connectivity index (χ1) is 8.65. The van der Waals surface area contributed by atoms with Crippen LogP contribution >= 0.6 is 0 Å². The normalized spacial score (nSPS) is 10.3. The molecule has 0 fully saturated rings.